The lowest BCUT2D eigenvalue weighted by atomic mass is 10.1. The third-order valence-electron chi connectivity index (χ3n) is 10.2. The molecule has 1 amide bonds. The van der Waals surface area contributed by atoms with Gasteiger partial charge in [0.2, 0.25) is 5.91 Å². The molecule has 1 N–H and O–H groups in total. The molecule has 3 aromatic carbocycles. The molecule has 0 spiro atoms. The number of amides is 1. The van der Waals surface area contributed by atoms with E-state index in [0.717, 1.165) is 14.9 Å². The number of halogens is 1. The maximum atomic E-state index is 15.0. The minimum absolute atomic E-state index is 0.0727. The Bertz CT molecular complexity index is 2390. The van der Waals surface area contributed by atoms with E-state index in [2.05, 4.69) is 60.6 Å². The number of nitrogens with zero attached hydrogens (tertiary/aromatic N) is 5. The summed E-state index contributed by atoms with van der Waals surface area (Å²) in [4.78, 5) is 43.4. The maximum Gasteiger partial charge on any atom is 0.332 e. The highest BCUT2D eigenvalue weighted by molar-refractivity contribution is 7.21. The van der Waals surface area contributed by atoms with Gasteiger partial charge in [-0.05, 0) is 47.0 Å². The second-order valence-corrected chi connectivity index (χ2v) is 19.7. The molecular weight excluding hydrogens is 740 g/mol. The van der Waals surface area contributed by atoms with Crippen molar-refractivity contribution in [1.29, 1.82) is 0 Å². The van der Waals surface area contributed by atoms with E-state index in [1.807, 2.05) is 36.4 Å². The lowest BCUT2D eigenvalue weighted by Gasteiger charge is -2.43. The van der Waals surface area contributed by atoms with Gasteiger partial charge in [0.1, 0.15) is 33.5 Å². The summed E-state index contributed by atoms with van der Waals surface area (Å²) in [6.07, 6.45) is 2.36. The van der Waals surface area contributed by atoms with Crippen LogP contribution in [-0.4, -0.2) is 65.2 Å². The molecule has 1 aliphatic rings. The summed E-state index contributed by atoms with van der Waals surface area (Å²) in [5, 5.41) is 14.0. The van der Waals surface area contributed by atoms with Gasteiger partial charge in [0.05, 0.1) is 44.6 Å². The number of carbonyl (C=O) groups is 1. The first-order chi connectivity index (χ1) is 26.5. The van der Waals surface area contributed by atoms with Crippen molar-refractivity contribution in [3.05, 3.63) is 129 Å². The first-order valence-electron chi connectivity index (χ1n) is 18.1. The van der Waals surface area contributed by atoms with E-state index in [-0.39, 0.29) is 36.6 Å². The number of aromatic nitrogens is 5. The highest BCUT2D eigenvalue weighted by Gasteiger charge is 2.50. The quantitative estimate of drug-likeness (QED) is 0.132. The molecule has 0 unspecified atom stereocenters. The molecule has 55 heavy (non-hydrogen) atoms. The fourth-order valence-corrected chi connectivity index (χ4v) is 13.4. The topological polar surface area (TPSA) is 132 Å². The number of ether oxygens (including phenoxy) is 2. The number of methoxy groups -OCH3 is 1. The summed E-state index contributed by atoms with van der Waals surface area (Å²) in [5.74, 6) is -0.569. The summed E-state index contributed by atoms with van der Waals surface area (Å²) >= 11 is 1.18. The zero-order valence-electron chi connectivity index (χ0n) is 31.3. The number of hydrogen-bond acceptors (Lipinski definition) is 9. The Hall–Kier alpha value is -5.22. The number of carbonyl (C=O) groups excluding carboxylic acids is 1. The van der Waals surface area contributed by atoms with Crippen molar-refractivity contribution in [3.8, 4) is 10.8 Å². The van der Waals surface area contributed by atoms with Crippen LogP contribution in [0.25, 0.3) is 15.2 Å². The summed E-state index contributed by atoms with van der Waals surface area (Å²) in [6, 6.07) is 23.6. The standard InChI is InChI=1S/C40H43FN6O6SSi/c1-26-34-36(49)46(31-18-19-42-35(31)48)39(50)45(38(34)54-37(26)47-43-20-21-44-47)25-33(30-24-27(41)16-17-32(30)51-5)52-22-23-53-55(40(2,3)4,28-12-8-6-9-13-28)29-14-10-7-11-15-29/h6-17,20-21,24,31,33H,18-19,22-23,25H2,1-5H3,(H,42,48)/t31-,33+/m1/s1. The van der Waals surface area contributed by atoms with Crippen LogP contribution in [0.4, 0.5) is 4.39 Å². The van der Waals surface area contributed by atoms with Crippen LogP contribution in [0.1, 0.15) is 50.5 Å². The SMILES string of the molecule is COc1ccc(F)cc1[C@H](Cn1c(=O)n([C@@H]2CCNC2=O)c(=O)c2c(C)c(-n3nccn3)sc21)OCCO[Si](c1ccccc1)(c1ccccc1)C(C)(C)C. The van der Waals surface area contributed by atoms with Crippen molar-refractivity contribution in [3.63, 3.8) is 0 Å². The monoisotopic (exact) mass is 782 g/mol. The minimum Gasteiger partial charge on any atom is -0.496 e. The summed E-state index contributed by atoms with van der Waals surface area (Å²) in [6.45, 7) is 8.77. The first kappa shape index (κ1) is 38.1. The Kier molecular flexibility index (Phi) is 10.7. The Balaban J connectivity index is 1.32. The zero-order valence-corrected chi connectivity index (χ0v) is 33.1. The van der Waals surface area contributed by atoms with E-state index >= 15 is 4.39 Å². The van der Waals surface area contributed by atoms with Crippen LogP contribution in [0.5, 0.6) is 5.75 Å². The third-order valence-corrected chi connectivity index (χ3v) is 16.5. The Morgan fingerprint density at radius 3 is 2.20 bits per heavy atom. The van der Waals surface area contributed by atoms with Gasteiger partial charge in [0, 0.05) is 17.7 Å². The third kappa shape index (κ3) is 6.97. The highest BCUT2D eigenvalue weighted by atomic mass is 32.1. The van der Waals surface area contributed by atoms with Crippen LogP contribution in [0.2, 0.25) is 5.04 Å². The van der Waals surface area contributed by atoms with Crippen molar-refractivity contribution < 1.29 is 23.1 Å². The molecule has 12 nitrogen and oxygen atoms in total. The van der Waals surface area contributed by atoms with Gasteiger partial charge in [-0.2, -0.15) is 10.2 Å². The number of hydrogen-bond donors (Lipinski definition) is 1. The summed E-state index contributed by atoms with van der Waals surface area (Å²) in [7, 11) is -1.44. The van der Waals surface area contributed by atoms with Gasteiger partial charge in [-0.3, -0.25) is 14.2 Å². The number of rotatable bonds is 13. The normalized spacial score (nSPS) is 15.4. The molecule has 6 aromatic rings. The molecule has 0 bridgehead atoms. The van der Waals surface area contributed by atoms with Gasteiger partial charge in [0.15, 0.2) is 0 Å². The Morgan fingerprint density at radius 1 is 0.964 bits per heavy atom. The highest BCUT2D eigenvalue weighted by Crippen LogP contribution is 2.38. The van der Waals surface area contributed by atoms with Gasteiger partial charge >= 0.3 is 5.69 Å². The predicted molar refractivity (Wildman–Crippen MR) is 212 cm³/mol. The molecule has 0 aliphatic carbocycles. The largest absolute Gasteiger partial charge is 0.496 e. The van der Waals surface area contributed by atoms with Crippen LogP contribution >= 0.6 is 11.3 Å². The van der Waals surface area contributed by atoms with E-state index in [1.54, 1.807) is 6.92 Å². The second-order valence-electron chi connectivity index (χ2n) is 14.5. The van der Waals surface area contributed by atoms with E-state index in [9.17, 15) is 14.4 Å². The fraction of sp³-hybridized carbons (Fsp3) is 0.325. The molecule has 2 atom stereocenters. The number of benzene rings is 3. The molecule has 7 rings (SSSR count). The average Bonchev–Trinajstić information content (AvgIpc) is 3.94. The Morgan fingerprint density at radius 2 is 1.62 bits per heavy atom. The number of nitrogens with one attached hydrogen (secondary N) is 1. The molecule has 1 aliphatic heterocycles. The van der Waals surface area contributed by atoms with Crippen LogP contribution in [0, 0.1) is 12.7 Å². The van der Waals surface area contributed by atoms with Crippen LogP contribution in [0.3, 0.4) is 0 Å². The number of fused-ring (bicyclic) bond motifs is 1. The van der Waals surface area contributed by atoms with E-state index < -0.39 is 43.4 Å². The fourth-order valence-electron chi connectivity index (χ4n) is 7.64. The van der Waals surface area contributed by atoms with Crippen molar-refractivity contribution in [1.82, 2.24) is 29.4 Å². The molecule has 1 fully saturated rings. The zero-order chi connectivity index (χ0) is 38.9. The smallest absolute Gasteiger partial charge is 0.332 e. The molecule has 0 radical (unpaired) electrons. The maximum absolute atomic E-state index is 15.0. The molecule has 3 aromatic heterocycles. The minimum atomic E-state index is -2.92. The molecule has 4 heterocycles. The summed E-state index contributed by atoms with van der Waals surface area (Å²) < 4.78 is 36.9. The number of thiophene rings is 1. The number of aryl methyl sites for hydroxylation is 1. The van der Waals surface area contributed by atoms with E-state index in [1.165, 1.54) is 58.4 Å². The van der Waals surface area contributed by atoms with Crippen LogP contribution in [0.15, 0.2) is 101 Å². The predicted octanol–water partition coefficient (Wildman–Crippen LogP) is 4.66. The first-order valence-corrected chi connectivity index (χ1v) is 20.8. The summed E-state index contributed by atoms with van der Waals surface area (Å²) in [5.41, 5.74) is -0.341. The molecule has 286 valence electrons. The molecule has 15 heteroatoms. The molecule has 1 saturated heterocycles. The van der Waals surface area contributed by atoms with Gasteiger partial charge in [0.25, 0.3) is 13.9 Å². The van der Waals surface area contributed by atoms with E-state index in [0.29, 0.717) is 33.3 Å². The molecule has 0 saturated carbocycles. The van der Waals surface area contributed by atoms with Crippen LogP contribution < -0.4 is 31.7 Å². The average molecular weight is 783 g/mol. The Labute approximate surface area is 322 Å². The molecular formula is C40H43FN6O6SSi. The van der Waals surface area contributed by atoms with Crippen LogP contribution in [-0.2, 0) is 20.5 Å². The van der Waals surface area contributed by atoms with Gasteiger partial charge < -0.3 is 19.2 Å². The van der Waals surface area contributed by atoms with E-state index in [4.69, 9.17) is 13.9 Å². The lowest BCUT2D eigenvalue weighted by molar-refractivity contribution is -0.122. The van der Waals surface area contributed by atoms with Crippen molar-refractivity contribution in [2.45, 2.75) is 57.8 Å². The lowest BCUT2D eigenvalue weighted by Crippen LogP contribution is -2.66. The van der Waals surface area contributed by atoms with Crippen molar-refractivity contribution in [2.75, 3.05) is 26.9 Å². The van der Waals surface area contributed by atoms with Crippen molar-refractivity contribution in [2.24, 2.45) is 0 Å². The van der Waals surface area contributed by atoms with Gasteiger partial charge in [-0.1, -0.05) is 92.8 Å². The second kappa shape index (κ2) is 15.5. The van der Waals surface area contributed by atoms with Crippen molar-refractivity contribution >= 4 is 46.2 Å². The van der Waals surface area contributed by atoms with Gasteiger partial charge in [-0.15, -0.1) is 4.80 Å². The van der Waals surface area contributed by atoms with Gasteiger partial charge in [-0.25, -0.2) is 13.8 Å².